The second kappa shape index (κ2) is 10.1. The summed E-state index contributed by atoms with van der Waals surface area (Å²) >= 11 is 0. The molecule has 1 saturated heterocycles. The summed E-state index contributed by atoms with van der Waals surface area (Å²) in [7, 11) is 3.59. The van der Waals surface area contributed by atoms with Crippen LogP contribution in [0.2, 0.25) is 0 Å². The van der Waals surface area contributed by atoms with E-state index in [1.165, 1.54) is 16.9 Å². The molecule has 0 bridgehead atoms. The number of likely N-dealkylation sites (N-methyl/N-ethyl adjacent to an activating group) is 1. The van der Waals surface area contributed by atoms with Crippen LogP contribution in [0.4, 0.5) is 30.4 Å². The molecular formula is C28H34F3N7O2. The lowest BCUT2D eigenvalue weighted by Gasteiger charge is -2.38. The van der Waals surface area contributed by atoms with E-state index in [0.717, 1.165) is 24.1 Å². The maximum atomic E-state index is 14.5. The maximum absolute atomic E-state index is 14.5. The van der Waals surface area contributed by atoms with Crippen LogP contribution in [-0.2, 0) is 35.7 Å². The maximum Gasteiger partial charge on any atom is 0.417 e. The molecule has 12 heteroatoms. The van der Waals surface area contributed by atoms with Crippen LogP contribution < -0.4 is 9.80 Å². The molecule has 0 spiro atoms. The molecule has 0 radical (unpaired) electrons. The Labute approximate surface area is 231 Å². The van der Waals surface area contributed by atoms with Gasteiger partial charge in [0.15, 0.2) is 5.82 Å². The van der Waals surface area contributed by atoms with Gasteiger partial charge in [-0.05, 0) is 30.5 Å². The number of halogens is 3. The minimum absolute atomic E-state index is 0.0645. The molecule has 0 unspecified atom stereocenters. The highest BCUT2D eigenvalue weighted by Gasteiger charge is 2.39. The van der Waals surface area contributed by atoms with Crippen molar-refractivity contribution >= 4 is 23.1 Å². The molecule has 9 nitrogen and oxygen atoms in total. The lowest BCUT2D eigenvalue weighted by molar-refractivity contribution is -0.137. The first-order valence-electron chi connectivity index (χ1n) is 13.8. The van der Waals surface area contributed by atoms with Crippen molar-refractivity contribution in [2.45, 2.75) is 51.4 Å². The number of alkyl halides is 3. The molecule has 5 heterocycles. The number of carbonyl (C=O) groups is 1. The number of aromatic nitrogens is 4. The number of ether oxygens (including phenoxy) is 1. The topological polar surface area (TPSA) is 71.7 Å². The number of rotatable bonds is 4. The van der Waals surface area contributed by atoms with E-state index in [4.69, 9.17) is 9.84 Å². The van der Waals surface area contributed by atoms with E-state index < -0.39 is 11.7 Å². The summed E-state index contributed by atoms with van der Waals surface area (Å²) < 4.78 is 52.7. The van der Waals surface area contributed by atoms with Crippen molar-refractivity contribution in [2.75, 3.05) is 49.7 Å². The molecule has 0 atom stereocenters. The molecule has 1 fully saturated rings. The molecule has 0 aliphatic carbocycles. The zero-order valence-corrected chi connectivity index (χ0v) is 23.0. The fourth-order valence-corrected chi connectivity index (χ4v) is 6.16. The van der Waals surface area contributed by atoms with Gasteiger partial charge in [0.1, 0.15) is 0 Å². The Morgan fingerprint density at radius 3 is 2.55 bits per heavy atom. The number of carbonyl (C=O) groups excluding carboxylic acids is 1. The lowest BCUT2D eigenvalue weighted by Crippen LogP contribution is -2.39. The van der Waals surface area contributed by atoms with Gasteiger partial charge in [-0.3, -0.25) is 14.2 Å². The third kappa shape index (κ3) is 4.61. The van der Waals surface area contributed by atoms with E-state index in [9.17, 15) is 18.0 Å². The van der Waals surface area contributed by atoms with Crippen LogP contribution in [0.15, 0.2) is 24.5 Å². The van der Waals surface area contributed by atoms with Crippen molar-refractivity contribution in [3.63, 3.8) is 0 Å². The summed E-state index contributed by atoms with van der Waals surface area (Å²) in [5, 5.41) is 9.20. The van der Waals surface area contributed by atoms with Gasteiger partial charge in [0.05, 0.1) is 35.7 Å². The molecule has 3 aliphatic heterocycles. The average molecular weight is 558 g/mol. The number of anilines is 3. The van der Waals surface area contributed by atoms with E-state index >= 15 is 0 Å². The quantitative estimate of drug-likeness (QED) is 0.469. The second-order valence-electron chi connectivity index (χ2n) is 10.8. The van der Waals surface area contributed by atoms with Gasteiger partial charge in [-0.2, -0.15) is 23.4 Å². The summed E-state index contributed by atoms with van der Waals surface area (Å²) in [6.07, 6.45) is 1.23. The molecule has 0 saturated carbocycles. The number of benzene rings is 1. The summed E-state index contributed by atoms with van der Waals surface area (Å²) in [4.78, 5) is 18.4. The molecule has 40 heavy (non-hydrogen) atoms. The van der Waals surface area contributed by atoms with Crippen LogP contribution in [-0.4, -0.2) is 70.3 Å². The van der Waals surface area contributed by atoms with Gasteiger partial charge >= 0.3 is 6.18 Å². The van der Waals surface area contributed by atoms with Crippen molar-refractivity contribution in [2.24, 2.45) is 7.05 Å². The molecule has 1 amide bonds. The summed E-state index contributed by atoms with van der Waals surface area (Å²) in [5.74, 6) is 0.710. The largest absolute Gasteiger partial charge is 0.417 e. The fraction of sp³-hybridized carbons (Fsp3) is 0.536. The first kappa shape index (κ1) is 26.7. The predicted molar refractivity (Wildman–Crippen MR) is 145 cm³/mol. The van der Waals surface area contributed by atoms with Gasteiger partial charge in [0.25, 0.3) is 0 Å². The third-order valence-corrected chi connectivity index (χ3v) is 8.31. The van der Waals surface area contributed by atoms with Crippen LogP contribution in [0, 0.1) is 0 Å². The summed E-state index contributed by atoms with van der Waals surface area (Å²) in [6, 6.07) is 3.04. The van der Waals surface area contributed by atoms with Crippen LogP contribution in [0.5, 0.6) is 0 Å². The Morgan fingerprint density at radius 2 is 1.88 bits per heavy atom. The van der Waals surface area contributed by atoms with Crippen LogP contribution in [0.25, 0.3) is 11.1 Å². The zero-order chi connectivity index (χ0) is 28.2. The minimum atomic E-state index is -4.56. The van der Waals surface area contributed by atoms with Crippen molar-refractivity contribution in [3.05, 3.63) is 41.3 Å². The minimum Gasteiger partial charge on any atom is -0.381 e. The number of hydrogen-bond donors (Lipinski definition) is 0. The Kier molecular flexibility index (Phi) is 6.76. The van der Waals surface area contributed by atoms with Gasteiger partial charge in [0.2, 0.25) is 5.91 Å². The molecule has 3 aromatic rings. The third-order valence-electron chi connectivity index (χ3n) is 8.31. The first-order valence-corrected chi connectivity index (χ1v) is 13.8. The van der Waals surface area contributed by atoms with Crippen molar-refractivity contribution < 1.29 is 22.7 Å². The molecule has 6 rings (SSSR count). The summed E-state index contributed by atoms with van der Waals surface area (Å²) in [5.41, 5.74) is 2.97. The van der Waals surface area contributed by atoms with E-state index in [2.05, 4.69) is 9.78 Å². The molecule has 1 aromatic carbocycles. The van der Waals surface area contributed by atoms with E-state index in [1.807, 2.05) is 28.7 Å². The number of fused-ring (bicyclic) bond motifs is 2. The Morgan fingerprint density at radius 1 is 1.10 bits per heavy atom. The van der Waals surface area contributed by atoms with Gasteiger partial charge in [-0.1, -0.05) is 6.92 Å². The predicted octanol–water partition coefficient (Wildman–Crippen LogP) is 4.54. The van der Waals surface area contributed by atoms with Crippen molar-refractivity contribution in [1.82, 2.24) is 24.5 Å². The number of amides is 1. The number of aryl methyl sites for hydroxylation is 1. The second-order valence-corrected chi connectivity index (χ2v) is 10.8. The fourth-order valence-electron chi connectivity index (χ4n) is 6.16. The number of hydrogen-bond acceptors (Lipinski definition) is 6. The highest BCUT2D eigenvalue weighted by molar-refractivity contribution is 5.86. The lowest BCUT2D eigenvalue weighted by atomic mass is 9.97. The average Bonchev–Trinajstić information content (AvgIpc) is 3.55. The van der Waals surface area contributed by atoms with Crippen LogP contribution in [0.1, 0.15) is 49.0 Å². The van der Waals surface area contributed by atoms with Crippen LogP contribution in [0.3, 0.4) is 0 Å². The van der Waals surface area contributed by atoms with Crippen molar-refractivity contribution in [3.8, 4) is 11.1 Å². The van der Waals surface area contributed by atoms with Gasteiger partial charge in [0, 0.05) is 82.8 Å². The van der Waals surface area contributed by atoms with Gasteiger partial charge in [-0.25, -0.2) is 0 Å². The zero-order valence-electron chi connectivity index (χ0n) is 23.0. The van der Waals surface area contributed by atoms with Gasteiger partial charge in [-0.15, -0.1) is 0 Å². The van der Waals surface area contributed by atoms with Crippen molar-refractivity contribution in [1.29, 1.82) is 0 Å². The Bertz CT molecular complexity index is 1420. The Hall–Kier alpha value is -3.54. The summed E-state index contributed by atoms with van der Waals surface area (Å²) in [6.45, 7) is 5.26. The monoisotopic (exact) mass is 557 g/mol. The SMILES string of the molecule is CCC(=O)N1CCc2c(c(N3CCN(C)c4cc(-c5cnn(C)c5)c(C(F)(F)F)cc43)nn2C2CCOCC2)C1. The van der Waals surface area contributed by atoms with E-state index in [-0.39, 0.29) is 17.5 Å². The molecule has 214 valence electrons. The Balaban J connectivity index is 1.50. The molecule has 0 N–H and O–H groups in total. The molecular weight excluding hydrogens is 523 g/mol. The van der Waals surface area contributed by atoms with E-state index in [0.29, 0.717) is 75.0 Å². The standard InChI is InChI=1S/C28H34F3N7O2/c1-4-26(39)36-8-5-23-21(17-36)27(33-38(23)19-6-11-40-12-7-19)37-10-9-34(2)24-13-20(18-15-32-35(3)16-18)22(14-25(24)37)28(29,30)31/h13-16,19H,4-12,17H2,1-3H3. The molecule has 3 aliphatic rings. The highest BCUT2D eigenvalue weighted by atomic mass is 19.4. The normalized spacial score (nSPS) is 18.2. The molecule has 2 aromatic heterocycles. The first-order chi connectivity index (χ1) is 19.2. The van der Waals surface area contributed by atoms with E-state index in [1.54, 1.807) is 19.3 Å². The van der Waals surface area contributed by atoms with Gasteiger partial charge < -0.3 is 19.4 Å². The highest BCUT2D eigenvalue weighted by Crippen LogP contribution is 2.47. The van der Waals surface area contributed by atoms with Crippen LogP contribution >= 0.6 is 0 Å². The number of nitrogens with zero attached hydrogens (tertiary/aromatic N) is 7. The smallest absolute Gasteiger partial charge is 0.381 e.